The predicted octanol–water partition coefficient (Wildman–Crippen LogP) is 3.26. The van der Waals surface area contributed by atoms with Crippen LogP contribution in [0.15, 0.2) is 42.3 Å². The molecule has 0 aliphatic heterocycles. The first-order valence-electron chi connectivity index (χ1n) is 5.11. The zero-order chi connectivity index (χ0) is 11.5. The van der Waals surface area contributed by atoms with E-state index < -0.39 is 0 Å². The molecule has 0 saturated carbocycles. The largest absolute Gasteiger partial charge is 0.346 e. The first kappa shape index (κ1) is 10.9. The van der Waals surface area contributed by atoms with Gasteiger partial charge < -0.3 is 5.32 Å². The fourth-order valence-corrected chi connectivity index (χ4v) is 2.74. The van der Waals surface area contributed by atoms with E-state index in [-0.39, 0.29) is 11.9 Å². The van der Waals surface area contributed by atoms with Crippen LogP contribution in [0.4, 0.5) is 0 Å². The normalized spacial score (nSPS) is 12.3. The molecule has 1 aromatic carbocycles. The molecule has 0 bridgehead atoms. The predicted molar refractivity (Wildman–Crippen MR) is 68.6 cm³/mol. The molecule has 2 nitrogen and oxygen atoms in total. The van der Waals surface area contributed by atoms with Crippen LogP contribution >= 0.6 is 11.3 Å². The summed E-state index contributed by atoms with van der Waals surface area (Å²) in [7, 11) is 0. The third-order valence-corrected chi connectivity index (χ3v) is 3.50. The molecule has 0 spiro atoms. The summed E-state index contributed by atoms with van der Waals surface area (Å²) in [5.74, 6) is -0.136. The molecule has 3 heteroatoms. The highest BCUT2D eigenvalue weighted by Gasteiger charge is 2.11. The summed E-state index contributed by atoms with van der Waals surface area (Å²) < 4.78 is 1.25. The molecule has 1 aromatic heterocycles. The maximum atomic E-state index is 11.2. The first-order valence-corrected chi connectivity index (χ1v) is 5.99. The number of carbonyl (C=O) groups is 1. The van der Waals surface area contributed by atoms with Gasteiger partial charge in [0.2, 0.25) is 5.91 Å². The molecule has 1 heterocycles. The van der Waals surface area contributed by atoms with Crippen molar-refractivity contribution in [3.63, 3.8) is 0 Å². The van der Waals surface area contributed by atoms with Gasteiger partial charge >= 0.3 is 0 Å². The van der Waals surface area contributed by atoms with Crippen molar-refractivity contribution in [1.29, 1.82) is 0 Å². The lowest BCUT2D eigenvalue weighted by Gasteiger charge is -2.11. The van der Waals surface area contributed by atoms with Crippen LogP contribution in [0.25, 0.3) is 10.1 Å². The highest BCUT2D eigenvalue weighted by Crippen LogP contribution is 2.29. The lowest BCUT2D eigenvalue weighted by molar-refractivity contribution is -0.117. The topological polar surface area (TPSA) is 29.1 Å². The van der Waals surface area contributed by atoms with E-state index in [1.165, 1.54) is 16.2 Å². The highest BCUT2D eigenvalue weighted by atomic mass is 32.1. The van der Waals surface area contributed by atoms with Gasteiger partial charge in [-0.3, -0.25) is 4.79 Å². The van der Waals surface area contributed by atoms with Crippen molar-refractivity contribution in [1.82, 2.24) is 5.32 Å². The number of thiophene rings is 1. The lowest BCUT2D eigenvalue weighted by Crippen LogP contribution is -2.24. The van der Waals surface area contributed by atoms with E-state index in [0.717, 1.165) is 5.56 Å². The minimum Gasteiger partial charge on any atom is -0.346 e. The Balaban J connectivity index is 2.32. The van der Waals surface area contributed by atoms with E-state index in [2.05, 4.69) is 29.4 Å². The fraction of sp³-hybridized carbons (Fsp3) is 0.154. The van der Waals surface area contributed by atoms with Crippen molar-refractivity contribution in [3.05, 3.63) is 47.9 Å². The summed E-state index contributed by atoms with van der Waals surface area (Å²) in [6.45, 7) is 5.43. The summed E-state index contributed by atoms with van der Waals surface area (Å²) in [5, 5.41) is 6.18. The maximum Gasteiger partial charge on any atom is 0.243 e. The Labute approximate surface area is 98.6 Å². The monoisotopic (exact) mass is 231 g/mol. The first-order chi connectivity index (χ1) is 7.72. The SMILES string of the molecule is C=CC(=O)N[C@H](C)c1csc2ccccc12. The molecule has 0 fully saturated rings. The number of amides is 1. The van der Waals surface area contributed by atoms with E-state index >= 15 is 0 Å². The van der Waals surface area contributed by atoms with Gasteiger partial charge in [0.05, 0.1) is 6.04 Å². The maximum absolute atomic E-state index is 11.2. The van der Waals surface area contributed by atoms with Gasteiger partial charge in [0.1, 0.15) is 0 Å². The quantitative estimate of drug-likeness (QED) is 0.807. The summed E-state index contributed by atoms with van der Waals surface area (Å²) in [6, 6.07) is 8.22. The molecule has 1 atom stereocenters. The zero-order valence-electron chi connectivity index (χ0n) is 9.07. The Morgan fingerprint density at radius 1 is 1.50 bits per heavy atom. The smallest absolute Gasteiger partial charge is 0.243 e. The summed E-state index contributed by atoms with van der Waals surface area (Å²) in [4.78, 5) is 11.2. The number of rotatable bonds is 3. The van der Waals surface area contributed by atoms with Crippen LogP contribution in [0.2, 0.25) is 0 Å². The highest BCUT2D eigenvalue weighted by molar-refractivity contribution is 7.17. The average Bonchev–Trinajstić information content (AvgIpc) is 2.72. The Bertz CT molecular complexity index is 529. The number of benzene rings is 1. The Hall–Kier alpha value is -1.61. The van der Waals surface area contributed by atoms with Crippen LogP contribution in [0.5, 0.6) is 0 Å². The summed E-state index contributed by atoms with van der Waals surface area (Å²) in [5.41, 5.74) is 1.16. The Morgan fingerprint density at radius 2 is 2.25 bits per heavy atom. The molecular formula is C13H13NOS. The molecule has 0 unspecified atom stereocenters. The van der Waals surface area contributed by atoms with Crippen molar-refractivity contribution in [2.45, 2.75) is 13.0 Å². The van der Waals surface area contributed by atoms with Crippen molar-refractivity contribution in [2.24, 2.45) is 0 Å². The van der Waals surface area contributed by atoms with Crippen LogP contribution < -0.4 is 5.32 Å². The summed E-state index contributed by atoms with van der Waals surface area (Å²) >= 11 is 1.70. The van der Waals surface area contributed by atoms with Gasteiger partial charge in [-0.15, -0.1) is 11.3 Å². The molecule has 1 N–H and O–H groups in total. The van der Waals surface area contributed by atoms with E-state index in [1.807, 2.05) is 19.1 Å². The van der Waals surface area contributed by atoms with Gasteiger partial charge in [-0.1, -0.05) is 24.8 Å². The van der Waals surface area contributed by atoms with Crippen LogP contribution in [-0.2, 0) is 4.79 Å². The number of nitrogens with one attached hydrogen (secondary N) is 1. The van der Waals surface area contributed by atoms with Gasteiger partial charge in [0.25, 0.3) is 0 Å². The number of carbonyl (C=O) groups excluding carboxylic acids is 1. The standard InChI is InChI=1S/C13H13NOS/c1-3-13(15)14-9(2)11-8-16-12-7-5-4-6-10(11)12/h3-9H,1H2,2H3,(H,14,15)/t9-/m1/s1. The van der Waals surface area contributed by atoms with E-state index in [4.69, 9.17) is 0 Å². The number of hydrogen-bond acceptors (Lipinski definition) is 2. The Morgan fingerprint density at radius 3 is 3.00 bits per heavy atom. The number of fused-ring (bicyclic) bond motifs is 1. The third kappa shape index (κ3) is 1.99. The molecule has 16 heavy (non-hydrogen) atoms. The molecule has 0 aliphatic rings. The second-order valence-corrected chi connectivity index (χ2v) is 4.53. The van der Waals surface area contributed by atoms with Crippen molar-refractivity contribution >= 4 is 27.3 Å². The van der Waals surface area contributed by atoms with E-state index in [1.54, 1.807) is 11.3 Å². The van der Waals surface area contributed by atoms with E-state index in [0.29, 0.717) is 0 Å². The lowest BCUT2D eigenvalue weighted by atomic mass is 10.1. The molecular weight excluding hydrogens is 218 g/mol. The second kappa shape index (κ2) is 4.49. The van der Waals surface area contributed by atoms with Crippen LogP contribution in [0.3, 0.4) is 0 Å². The van der Waals surface area contributed by atoms with Crippen molar-refractivity contribution < 1.29 is 4.79 Å². The summed E-state index contributed by atoms with van der Waals surface area (Å²) in [6.07, 6.45) is 1.30. The van der Waals surface area contributed by atoms with Gasteiger partial charge in [-0.05, 0) is 35.4 Å². The van der Waals surface area contributed by atoms with Crippen LogP contribution in [-0.4, -0.2) is 5.91 Å². The molecule has 2 rings (SSSR count). The second-order valence-electron chi connectivity index (χ2n) is 3.62. The molecule has 0 aliphatic carbocycles. The van der Waals surface area contributed by atoms with Gasteiger partial charge in [0.15, 0.2) is 0 Å². The molecule has 0 radical (unpaired) electrons. The van der Waals surface area contributed by atoms with Crippen LogP contribution in [0, 0.1) is 0 Å². The zero-order valence-corrected chi connectivity index (χ0v) is 9.88. The fourth-order valence-electron chi connectivity index (χ4n) is 1.68. The van der Waals surface area contributed by atoms with Gasteiger partial charge in [-0.25, -0.2) is 0 Å². The van der Waals surface area contributed by atoms with Gasteiger partial charge in [-0.2, -0.15) is 0 Å². The van der Waals surface area contributed by atoms with Crippen LogP contribution in [0.1, 0.15) is 18.5 Å². The minimum absolute atomic E-state index is 0.0154. The molecule has 0 saturated heterocycles. The molecule has 2 aromatic rings. The van der Waals surface area contributed by atoms with Gasteiger partial charge in [0, 0.05) is 4.70 Å². The molecule has 1 amide bonds. The molecule has 82 valence electrons. The third-order valence-electron chi connectivity index (χ3n) is 2.52. The average molecular weight is 231 g/mol. The minimum atomic E-state index is -0.136. The van der Waals surface area contributed by atoms with E-state index in [9.17, 15) is 4.79 Å². The number of hydrogen-bond donors (Lipinski definition) is 1. The van der Waals surface area contributed by atoms with Crippen molar-refractivity contribution in [2.75, 3.05) is 0 Å². The van der Waals surface area contributed by atoms with Crippen molar-refractivity contribution in [3.8, 4) is 0 Å². The Kier molecular flexibility index (Phi) is 3.06.